The number of rotatable bonds is 4. The van der Waals surface area contributed by atoms with Crippen molar-refractivity contribution < 1.29 is 4.79 Å². The fourth-order valence-electron chi connectivity index (χ4n) is 2.19. The van der Waals surface area contributed by atoms with Gasteiger partial charge in [0.1, 0.15) is 0 Å². The van der Waals surface area contributed by atoms with Gasteiger partial charge in [0.2, 0.25) is 0 Å². The quantitative estimate of drug-likeness (QED) is 0.665. The number of aliphatic imine (C=N–C) groups is 1. The first-order valence-electron chi connectivity index (χ1n) is 6.59. The zero-order chi connectivity index (χ0) is 16.1. The molecule has 6 heteroatoms. The number of halogens is 2. The molecule has 4 N–H and O–H groups in total. The number of carbonyl (C=O) groups excluding carboxylic acids is 1. The van der Waals surface area contributed by atoms with E-state index in [4.69, 9.17) is 34.7 Å². The third-order valence-electron chi connectivity index (χ3n) is 3.15. The van der Waals surface area contributed by atoms with Gasteiger partial charge in [0.05, 0.1) is 5.92 Å². The van der Waals surface area contributed by atoms with Gasteiger partial charge >= 0.3 is 0 Å². The number of hydrogen-bond donors (Lipinski definition) is 2. The first-order valence-corrected chi connectivity index (χ1v) is 7.35. The molecule has 22 heavy (non-hydrogen) atoms. The molecular weight excluding hydrogens is 321 g/mol. The number of carbonyl (C=O) groups is 1. The topological polar surface area (TPSA) is 81.5 Å². The van der Waals surface area contributed by atoms with Crippen LogP contribution in [-0.2, 0) is 11.2 Å². The van der Waals surface area contributed by atoms with Crippen LogP contribution in [0.25, 0.3) is 0 Å². The minimum Gasteiger partial charge on any atom is -0.370 e. The van der Waals surface area contributed by atoms with Crippen LogP contribution < -0.4 is 11.5 Å². The Bertz CT molecular complexity index is 712. The highest BCUT2D eigenvalue weighted by atomic mass is 35.5. The number of nitrogens with zero attached hydrogens (tertiary/aromatic N) is 1. The second kappa shape index (κ2) is 7.29. The normalized spacial score (nSPS) is 11.7. The van der Waals surface area contributed by atoms with E-state index in [1.165, 1.54) is 0 Å². The Balaban J connectivity index is 2.40. The van der Waals surface area contributed by atoms with Crippen molar-refractivity contribution in [2.75, 3.05) is 0 Å². The van der Waals surface area contributed by atoms with E-state index in [0.29, 0.717) is 22.0 Å². The van der Waals surface area contributed by atoms with Crippen molar-refractivity contribution in [2.24, 2.45) is 16.5 Å². The van der Waals surface area contributed by atoms with Gasteiger partial charge in [0, 0.05) is 10.0 Å². The molecule has 0 aliphatic heterocycles. The molecule has 114 valence electrons. The fourth-order valence-corrected chi connectivity index (χ4v) is 2.67. The lowest BCUT2D eigenvalue weighted by molar-refractivity contribution is -0.119. The molecule has 0 fully saturated rings. The highest BCUT2D eigenvalue weighted by Crippen LogP contribution is 2.29. The largest absolute Gasteiger partial charge is 0.370 e. The first-order chi connectivity index (χ1) is 10.5. The molecule has 1 atom stereocenters. The second-order valence-electron chi connectivity index (χ2n) is 4.78. The van der Waals surface area contributed by atoms with Gasteiger partial charge in [-0.25, -0.2) is 0 Å². The SMILES string of the molecule is NC(N)=NC(=O)C(Cc1cccc(Cl)c1)c1ccccc1Cl. The number of nitrogens with two attached hydrogens (primary N) is 2. The molecule has 2 aromatic carbocycles. The summed E-state index contributed by atoms with van der Waals surface area (Å²) in [6.45, 7) is 0. The van der Waals surface area contributed by atoms with Gasteiger partial charge in [-0.2, -0.15) is 4.99 Å². The lowest BCUT2D eigenvalue weighted by Gasteiger charge is -2.16. The van der Waals surface area contributed by atoms with Crippen LogP contribution in [0.15, 0.2) is 53.5 Å². The van der Waals surface area contributed by atoms with Gasteiger partial charge in [-0.3, -0.25) is 4.79 Å². The Morgan fingerprint density at radius 2 is 1.82 bits per heavy atom. The average Bonchev–Trinajstić information content (AvgIpc) is 2.45. The predicted molar refractivity (Wildman–Crippen MR) is 90.2 cm³/mol. The monoisotopic (exact) mass is 335 g/mol. The van der Waals surface area contributed by atoms with Crippen LogP contribution in [0.4, 0.5) is 0 Å². The summed E-state index contributed by atoms with van der Waals surface area (Å²) in [5, 5.41) is 1.10. The maximum atomic E-state index is 12.4. The maximum absolute atomic E-state index is 12.4. The Labute approximate surface area is 138 Å². The predicted octanol–water partition coefficient (Wildman–Crippen LogP) is 3.12. The molecule has 0 aromatic heterocycles. The Morgan fingerprint density at radius 3 is 2.45 bits per heavy atom. The minimum absolute atomic E-state index is 0.270. The van der Waals surface area contributed by atoms with Crippen molar-refractivity contribution in [3.05, 3.63) is 69.7 Å². The van der Waals surface area contributed by atoms with Crippen molar-refractivity contribution in [1.82, 2.24) is 0 Å². The molecule has 0 aliphatic carbocycles. The summed E-state index contributed by atoms with van der Waals surface area (Å²) in [7, 11) is 0. The van der Waals surface area contributed by atoms with Crippen LogP contribution in [0.1, 0.15) is 17.0 Å². The summed E-state index contributed by atoms with van der Waals surface area (Å²) >= 11 is 12.2. The van der Waals surface area contributed by atoms with Crippen LogP contribution in [0.3, 0.4) is 0 Å². The van der Waals surface area contributed by atoms with Crippen molar-refractivity contribution in [3.8, 4) is 0 Å². The van der Waals surface area contributed by atoms with Gasteiger partial charge in [-0.1, -0.05) is 53.5 Å². The lowest BCUT2D eigenvalue weighted by atomic mass is 9.91. The molecule has 0 heterocycles. The van der Waals surface area contributed by atoms with Gasteiger partial charge in [0.15, 0.2) is 5.96 Å². The van der Waals surface area contributed by atoms with E-state index in [2.05, 4.69) is 4.99 Å². The van der Waals surface area contributed by atoms with E-state index in [1.54, 1.807) is 30.3 Å². The molecule has 0 aliphatic rings. The molecule has 1 unspecified atom stereocenters. The highest BCUT2D eigenvalue weighted by molar-refractivity contribution is 6.31. The van der Waals surface area contributed by atoms with E-state index < -0.39 is 11.8 Å². The van der Waals surface area contributed by atoms with Crippen molar-refractivity contribution in [3.63, 3.8) is 0 Å². The molecule has 2 aromatic rings. The summed E-state index contributed by atoms with van der Waals surface area (Å²) in [4.78, 5) is 16.0. The molecule has 1 amide bonds. The van der Waals surface area contributed by atoms with Crippen molar-refractivity contribution in [2.45, 2.75) is 12.3 Å². The first kappa shape index (κ1) is 16.3. The van der Waals surface area contributed by atoms with Gasteiger partial charge in [-0.15, -0.1) is 0 Å². The van der Waals surface area contributed by atoms with Gasteiger partial charge in [-0.05, 0) is 35.7 Å². The smallest absolute Gasteiger partial charge is 0.256 e. The Kier molecular flexibility index (Phi) is 5.41. The summed E-state index contributed by atoms with van der Waals surface area (Å²) < 4.78 is 0. The average molecular weight is 336 g/mol. The highest BCUT2D eigenvalue weighted by Gasteiger charge is 2.23. The molecule has 0 saturated heterocycles. The van der Waals surface area contributed by atoms with Gasteiger partial charge < -0.3 is 11.5 Å². The standard InChI is InChI=1S/C16H15Cl2N3O/c17-11-5-3-4-10(8-11)9-13(15(22)21-16(19)20)12-6-1-2-7-14(12)18/h1-8,13H,9H2,(H4,19,20,21,22). The molecule has 0 saturated carbocycles. The molecule has 4 nitrogen and oxygen atoms in total. The number of guanidine groups is 1. The maximum Gasteiger partial charge on any atom is 0.256 e. The summed E-state index contributed by atoms with van der Waals surface area (Å²) in [6, 6.07) is 14.4. The van der Waals surface area contributed by atoms with Crippen LogP contribution in [-0.4, -0.2) is 11.9 Å². The third kappa shape index (κ3) is 4.23. The van der Waals surface area contributed by atoms with E-state index in [9.17, 15) is 4.79 Å². The van der Waals surface area contributed by atoms with Crippen LogP contribution in [0.5, 0.6) is 0 Å². The molecule has 2 rings (SSSR count). The van der Waals surface area contributed by atoms with E-state index >= 15 is 0 Å². The molecular formula is C16H15Cl2N3O. The molecule has 0 radical (unpaired) electrons. The van der Waals surface area contributed by atoms with Crippen LogP contribution in [0.2, 0.25) is 10.0 Å². The zero-order valence-electron chi connectivity index (χ0n) is 11.7. The van der Waals surface area contributed by atoms with E-state index in [-0.39, 0.29) is 5.96 Å². The third-order valence-corrected chi connectivity index (χ3v) is 3.73. The number of hydrogen-bond acceptors (Lipinski definition) is 1. The lowest BCUT2D eigenvalue weighted by Crippen LogP contribution is -2.26. The van der Waals surface area contributed by atoms with E-state index in [0.717, 1.165) is 5.56 Å². The molecule has 0 bridgehead atoms. The van der Waals surface area contributed by atoms with Crippen molar-refractivity contribution >= 4 is 35.1 Å². The second-order valence-corrected chi connectivity index (χ2v) is 5.63. The minimum atomic E-state index is -0.575. The van der Waals surface area contributed by atoms with E-state index in [1.807, 2.05) is 18.2 Å². The number of amides is 1. The van der Waals surface area contributed by atoms with Crippen LogP contribution in [0, 0.1) is 0 Å². The molecule has 0 spiro atoms. The van der Waals surface area contributed by atoms with Crippen molar-refractivity contribution in [1.29, 1.82) is 0 Å². The summed E-state index contributed by atoms with van der Waals surface area (Å²) in [6.07, 6.45) is 0.403. The number of benzene rings is 2. The summed E-state index contributed by atoms with van der Waals surface area (Å²) in [5.41, 5.74) is 12.2. The fraction of sp³-hybridized carbons (Fsp3) is 0.125. The van der Waals surface area contributed by atoms with Gasteiger partial charge in [0.25, 0.3) is 5.91 Å². The Hall–Kier alpha value is -2.04. The Morgan fingerprint density at radius 1 is 1.09 bits per heavy atom. The zero-order valence-corrected chi connectivity index (χ0v) is 13.2. The summed E-state index contributed by atoms with van der Waals surface area (Å²) in [5.74, 6) is -1.28. The van der Waals surface area contributed by atoms with Crippen LogP contribution >= 0.6 is 23.2 Å².